The van der Waals surface area contributed by atoms with Crippen LogP contribution in [0.5, 0.6) is 5.75 Å². The molecule has 0 radical (unpaired) electrons. The number of fused-ring (bicyclic) bond motifs is 3. The number of halogens is 3. The highest BCUT2D eigenvalue weighted by molar-refractivity contribution is 6.08. The number of hydrogen-bond acceptors (Lipinski definition) is 4. The predicted octanol–water partition coefficient (Wildman–Crippen LogP) is 4.50. The Morgan fingerprint density at radius 1 is 1.19 bits per heavy atom. The number of hydrogen-bond donors (Lipinski definition) is 1. The van der Waals surface area contributed by atoms with Crippen molar-refractivity contribution in [1.29, 1.82) is 0 Å². The highest BCUT2D eigenvalue weighted by Crippen LogP contribution is 2.36. The van der Waals surface area contributed by atoms with Crippen LogP contribution >= 0.6 is 0 Å². The lowest BCUT2D eigenvalue weighted by atomic mass is 10.1. The predicted molar refractivity (Wildman–Crippen MR) is 90.4 cm³/mol. The first-order valence-electron chi connectivity index (χ1n) is 7.77. The molecule has 1 aromatic heterocycles. The Balaban J connectivity index is 1.87. The molecule has 2 aromatic carbocycles. The smallest absolute Gasteiger partial charge is 0.411 e. The quantitative estimate of drug-likeness (QED) is 0.721. The zero-order valence-electron chi connectivity index (χ0n) is 14.0. The van der Waals surface area contributed by atoms with E-state index in [0.717, 1.165) is 10.8 Å². The first kappa shape index (κ1) is 18.1. The molecule has 1 amide bonds. The maximum Gasteiger partial charge on any atom is 0.411 e. The summed E-state index contributed by atoms with van der Waals surface area (Å²) in [6.45, 7) is -0.255. The van der Waals surface area contributed by atoms with Gasteiger partial charge in [0.25, 0.3) is 5.91 Å². The van der Waals surface area contributed by atoms with Crippen LogP contribution in [0.2, 0.25) is 0 Å². The number of carbonyl (C=O) groups is 1. The van der Waals surface area contributed by atoms with Crippen molar-refractivity contribution >= 4 is 33.5 Å². The molecule has 1 unspecified atom stereocenters. The number of para-hydroxylation sites is 1. The van der Waals surface area contributed by atoms with E-state index in [2.05, 4.69) is 10.1 Å². The summed E-state index contributed by atoms with van der Waals surface area (Å²) in [7, 11) is 1.43. The number of amides is 1. The topological polar surface area (TPSA) is 60.7 Å². The molecule has 0 aliphatic rings. The van der Waals surface area contributed by atoms with E-state index in [9.17, 15) is 18.0 Å². The maximum atomic E-state index is 12.2. The Morgan fingerprint density at radius 3 is 2.62 bits per heavy atom. The summed E-state index contributed by atoms with van der Waals surface area (Å²) in [6.07, 6.45) is -5.79. The van der Waals surface area contributed by atoms with Crippen LogP contribution in [0.15, 0.2) is 40.8 Å². The van der Waals surface area contributed by atoms with Crippen LogP contribution in [0, 0.1) is 0 Å². The Bertz CT molecular complexity index is 949. The minimum atomic E-state index is -4.50. The van der Waals surface area contributed by atoms with Gasteiger partial charge in [-0.05, 0) is 19.1 Å². The van der Waals surface area contributed by atoms with Gasteiger partial charge in [0, 0.05) is 16.8 Å². The Morgan fingerprint density at radius 2 is 1.92 bits per heavy atom. The number of furan rings is 1. The fourth-order valence-corrected chi connectivity index (χ4v) is 2.55. The minimum absolute atomic E-state index is 0.284. The maximum absolute atomic E-state index is 12.2. The molecule has 1 heterocycles. The zero-order chi connectivity index (χ0) is 18.9. The van der Waals surface area contributed by atoms with Gasteiger partial charge in [-0.3, -0.25) is 4.79 Å². The van der Waals surface area contributed by atoms with Gasteiger partial charge in [-0.1, -0.05) is 18.2 Å². The van der Waals surface area contributed by atoms with E-state index >= 15 is 0 Å². The Kier molecular flexibility index (Phi) is 4.78. The molecule has 8 heteroatoms. The molecule has 0 fully saturated rings. The number of benzene rings is 2. The fraction of sp³-hybridized carbons (Fsp3) is 0.278. The van der Waals surface area contributed by atoms with Gasteiger partial charge in [0.1, 0.15) is 29.6 Å². The van der Waals surface area contributed by atoms with Crippen LogP contribution in [0.1, 0.15) is 6.92 Å². The van der Waals surface area contributed by atoms with Gasteiger partial charge in [-0.25, -0.2) is 0 Å². The molecule has 26 heavy (non-hydrogen) atoms. The Labute approximate surface area is 146 Å². The van der Waals surface area contributed by atoms with Crippen LogP contribution in [-0.2, 0) is 9.53 Å². The third-order valence-electron chi connectivity index (χ3n) is 3.82. The third kappa shape index (κ3) is 3.75. The summed E-state index contributed by atoms with van der Waals surface area (Å²) in [4.78, 5) is 12.1. The lowest BCUT2D eigenvalue weighted by Crippen LogP contribution is -2.31. The number of ether oxygens (including phenoxy) is 2. The molecule has 0 aliphatic heterocycles. The summed E-state index contributed by atoms with van der Waals surface area (Å²) in [6, 6.07) is 10.7. The lowest BCUT2D eigenvalue weighted by molar-refractivity contribution is -0.184. The van der Waals surface area contributed by atoms with Crippen molar-refractivity contribution in [3.63, 3.8) is 0 Å². The molecule has 138 valence electrons. The van der Waals surface area contributed by atoms with Crippen molar-refractivity contribution in [2.75, 3.05) is 19.0 Å². The number of carbonyl (C=O) groups excluding carboxylic acids is 1. The average Bonchev–Trinajstić information content (AvgIpc) is 2.95. The van der Waals surface area contributed by atoms with Crippen molar-refractivity contribution < 1.29 is 31.9 Å². The highest BCUT2D eigenvalue weighted by Gasteiger charge is 2.30. The molecule has 3 rings (SSSR count). The largest absolute Gasteiger partial charge is 0.495 e. The fourth-order valence-electron chi connectivity index (χ4n) is 2.55. The van der Waals surface area contributed by atoms with Gasteiger partial charge >= 0.3 is 6.18 Å². The molecule has 1 atom stereocenters. The van der Waals surface area contributed by atoms with Crippen molar-refractivity contribution in [3.8, 4) is 5.75 Å². The van der Waals surface area contributed by atoms with Crippen molar-refractivity contribution in [2.24, 2.45) is 0 Å². The highest BCUT2D eigenvalue weighted by atomic mass is 19.4. The zero-order valence-corrected chi connectivity index (χ0v) is 14.0. The second-order valence-electron chi connectivity index (χ2n) is 5.70. The lowest BCUT2D eigenvalue weighted by Gasteiger charge is -2.16. The molecule has 3 aromatic rings. The van der Waals surface area contributed by atoms with Gasteiger partial charge in [-0.15, -0.1) is 0 Å². The van der Waals surface area contributed by atoms with E-state index in [1.807, 2.05) is 24.3 Å². The normalized spacial score (nSPS) is 13.1. The molecule has 0 spiro atoms. The second kappa shape index (κ2) is 6.87. The monoisotopic (exact) mass is 367 g/mol. The molecule has 5 nitrogen and oxygen atoms in total. The van der Waals surface area contributed by atoms with Crippen molar-refractivity contribution in [2.45, 2.75) is 19.2 Å². The number of rotatable bonds is 5. The number of nitrogens with one attached hydrogen (secondary N) is 1. The van der Waals surface area contributed by atoms with Crippen molar-refractivity contribution in [1.82, 2.24) is 0 Å². The molecule has 0 saturated carbocycles. The van der Waals surface area contributed by atoms with Crippen LogP contribution in [-0.4, -0.2) is 31.9 Å². The standard InChI is InChI=1S/C18H16F3NO4/c1-10(25-9-18(19,20)21)17(23)22-13-8-15-12(7-16(13)24-2)11-5-3-4-6-14(11)26-15/h3-8,10H,9H2,1-2H3,(H,22,23). The van der Waals surface area contributed by atoms with E-state index in [0.29, 0.717) is 16.9 Å². The average molecular weight is 367 g/mol. The first-order chi connectivity index (χ1) is 12.3. The van der Waals surface area contributed by atoms with Crippen LogP contribution < -0.4 is 10.1 Å². The summed E-state index contributed by atoms with van der Waals surface area (Å²) in [5.41, 5.74) is 1.48. The molecule has 0 saturated heterocycles. The number of methoxy groups -OCH3 is 1. The van der Waals surface area contributed by atoms with E-state index in [1.165, 1.54) is 14.0 Å². The molecule has 0 aliphatic carbocycles. The van der Waals surface area contributed by atoms with Crippen LogP contribution in [0.3, 0.4) is 0 Å². The number of alkyl halides is 3. The summed E-state index contributed by atoms with van der Waals surface area (Å²) in [5, 5.41) is 4.21. The van der Waals surface area contributed by atoms with Crippen molar-refractivity contribution in [3.05, 3.63) is 36.4 Å². The van der Waals surface area contributed by atoms with Crippen LogP contribution in [0.4, 0.5) is 18.9 Å². The van der Waals surface area contributed by atoms with Gasteiger partial charge in [0.05, 0.1) is 12.8 Å². The second-order valence-corrected chi connectivity index (χ2v) is 5.70. The molecule has 1 N–H and O–H groups in total. The summed E-state index contributed by atoms with van der Waals surface area (Å²) >= 11 is 0. The summed E-state index contributed by atoms with van der Waals surface area (Å²) < 4.78 is 52.2. The van der Waals surface area contributed by atoms with E-state index in [4.69, 9.17) is 9.15 Å². The SMILES string of the molecule is COc1cc2c(cc1NC(=O)C(C)OCC(F)(F)F)oc1ccccc12. The minimum Gasteiger partial charge on any atom is -0.495 e. The molecular weight excluding hydrogens is 351 g/mol. The first-order valence-corrected chi connectivity index (χ1v) is 7.77. The van der Waals surface area contributed by atoms with Crippen LogP contribution in [0.25, 0.3) is 21.9 Å². The summed E-state index contributed by atoms with van der Waals surface area (Å²) in [5.74, 6) is -0.358. The molecule has 0 bridgehead atoms. The van der Waals surface area contributed by atoms with Gasteiger partial charge in [-0.2, -0.15) is 13.2 Å². The third-order valence-corrected chi connectivity index (χ3v) is 3.82. The van der Waals surface area contributed by atoms with E-state index in [1.54, 1.807) is 12.1 Å². The van der Waals surface area contributed by atoms with Gasteiger partial charge in [0.2, 0.25) is 0 Å². The van der Waals surface area contributed by atoms with Gasteiger partial charge < -0.3 is 19.2 Å². The Hall–Kier alpha value is -2.74. The molecular formula is C18H16F3NO4. The number of anilines is 1. The van der Waals surface area contributed by atoms with E-state index < -0.39 is 24.8 Å². The van der Waals surface area contributed by atoms with E-state index in [-0.39, 0.29) is 5.69 Å². The van der Waals surface area contributed by atoms with Gasteiger partial charge in [0.15, 0.2) is 0 Å².